The van der Waals surface area contributed by atoms with Gasteiger partial charge in [-0.25, -0.2) is 0 Å². The average molecular weight is 209 g/mol. The van der Waals surface area contributed by atoms with Crippen LogP contribution in [-0.2, 0) is 0 Å². The van der Waals surface area contributed by atoms with E-state index in [9.17, 15) is 0 Å². The maximum absolute atomic E-state index is 3.80. The molecule has 2 fully saturated rings. The molecule has 1 nitrogen and oxygen atoms in total. The first-order valence-corrected chi connectivity index (χ1v) is 6.61. The van der Waals surface area contributed by atoms with Gasteiger partial charge in [-0.15, -0.1) is 0 Å². The minimum atomic E-state index is 0.543. The molecule has 0 aliphatic heterocycles. The van der Waals surface area contributed by atoms with Crippen molar-refractivity contribution in [3.8, 4) is 0 Å². The lowest BCUT2D eigenvalue weighted by molar-refractivity contribution is 0.400. The second-order valence-electron chi connectivity index (χ2n) is 6.92. The van der Waals surface area contributed by atoms with E-state index >= 15 is 0 Å². The van der Waals surface area contributed by atoms with Gasteiger partial charge in [0, 0.05) is 6.04 Å². The lowest BCUT2D eigenvalue weighted by atomic mass is 10.0. The van der Waals surface area contributed by atoms with E-state index in [1.165, 1.54) is 25.8 Å². The van der Waals surface area contributed by atoms with Crippen molar-refractivity contribution in [2.75, 3.05) is 6.54 Å². The van der Waals surface area contributed by atoms with Gasteiger partial charge in [-0.05, 0) is 42.1 Å². The van der Waals surface area contributed by atoms with E-state index in [0.29, 0.717) is 10.8 Å². The quantitative estimate of drug-likeness (QED) is 0.750. The molecular formula is C14H27N. The van der Waals surface area contributed by atoms with Gasteiger partial charge in [-0.2, -0.15) is 0 Å². The Morgan fingerprint density at radius 2 is 1.67 bits per heavy atom. The van der Waals surface area contributed by atoms with E-state index in [1.54, 1.807) is 0 Å². The highest BCUT2D eigenvalue weighted by atomic mass is 15.0. The van der Waals surface area contributed by atoms with Crippen LogP contribution in [0.1, 0.15) is 53.9 Å². The fourth-order valence-electron chi connectivity index (χ4n) is 3.56. The first-order chi connectivity index (χ1) is 6.87. The van der Waals surface area contributed by atoms with E-state index in [2.05, 4.69) is 39.9 Å². The Kier molecular flexibility index (Phi) is 2.65. The van der Waals surface area contributed by atoms with Gasteiger partial charge in [0.15, 0.2) is 0 Å². The summed E-state index contributed by atoms with van der Waals surface area (Å²) in [6, 6.07) is 0.803. The highest BCUT2D eigenvalue weighted by molar-refractivity contribution is 5.13. The second-order valence-corrected chi connectivity index (χ2v) is 6.92. The highest BCUT2D eigenvalue weighted by Gasteiger charge is 2.63. The Morgan fingerprint density at radius 3 is 2.07 bits per heavy atom. The van der Waals surface area contributed by atoms with Crippen molar-refractivity contribution in [2.45, 2.75) is 59.9 Å². The van der Waals surface area contributed by atoms with Crippen LogP contribution >= 0.6 is 0 Å². The smallest absolute Gasteiger partial charge is 0.00928 e. The summed E-state index contributed by atoms with van der Waals surface area (Å²) in [5.41, 5.74) is 1.09. The molecule has 1 N–H and O–H groups in total. The van der Waals surface area contributed by atoms with Crippen LogP contribution in [-0.4, -0.2) is 12.6 Å². The van der Waals surface area contributed by atoms with Gasteiger partial charge in [0.05, 0.1) is 0 Å². The maximum Gasteiger partial charge on any atom is 0.00928 e. The van der Waals surface area contributed by atoms with Gasteiger partial charge in [-0.1, -0.05) is 41.0 Å². The molecule has 2 aliphatic rings. The van der Waals surface area contributed by atoms with Crippen molar-refractivity contribution >= 4 is 0 Å². The fourth-order valence-corrected chi connectivity index (χ4v) is 3.56. The summed E-state index contributed by atoms with van der Waals surface area (Å²) in [6.45, 7) is 13.3. The molecule has 0 saturated heterocycles. The molecule has 0 aromatic rings. The van der Waals surface area contributed by atoms with Crippen molar-refractivity contribution in [2.24, 2.45) is 22.7 Å². The monoisotopic (exact) mass is 209 g/mol. The van der Waals surface area contributed by atoms with E-state index < -0.39 is 0 Å². The predicted molar refractivity (Wildman–Crippen MR) is 65.9 cm³/mol. The SMILES string of the molecule is CC1CCCC1NCC1C(C)(C)C1(C)C. The van der Waals surface area contributed by atoms with Gasteiger partial charge in [0.1, 0.15) is 0 Å². The molecule has 0 aromatic carbocycles. The number of hydrogen-bond acceptors (Lipinski definition) is 1. The predicted octanol–water partition coefficient (Wildman–Crippen LogP) is 3.45. The molecule has 0 heterocycles. The Balaban J connectivity index is 1.81. The van der Waals surface area contributed by atoms with Crippen molar-refractivity contribution in [3.05, 3.63) is 0 Å². The van der Waals surface area contributed by atoms with E-state index in [0.717, 1.165) is 17.9 Å². The molecule has 88 valence electrons. The third-order valence-electron chi connectivity index (χ3n) is 5.77. The summed E-state index contributed by atoms with van der Waals surface area (Å²) in [5.74, 6) is 1.77. The van der Waals surface area contributed by atoms with Crippen LogP contribution in [0.2, 0.25) is 0 Å². The fraction of sp³-hybridized carbons (Fsp3) is 1.00. The Hall–Kier alpha value is -0.0400. The molecule has 2 atom stereocenters. The van der Waals surface area contributed by atoms with Gasteiger partial charge in [0.25, 0.3) is 0 Å². The zero-order chi connectivity index (χ0) is 11.3. The number of hydrogen-bond donors (Lipinski definition) is 1. The molecule has 0 amide bonds. The van der Waals surface area contributed by atoms with Gasteiger partial charge in [0.2, 0.25) is 0 Å². The van der Waals surface area contributed by atoms with Crippen molar-refractivity contribution in [3.63, 3.8) is 0 Å². The summed E-state index contributed by atoms with van der Waals surface area (Å²) >= 11 is 0. The largest absolute Gasteiger partial charge is 0.313 e. The molecule has 0 radical (unpaired) electrons. The summed E-state index contributed by atoms with van der Waals surface area (Å²) in [4.78, 5) is 0. The van der Waals surface area contributed by atoms with E-state index in [4.69, 9.17) is 0 Å². The average Bonchev–Trinajstić information content (AvgIpc) is 2.49. The van der Waals surface area contributed by atoms with Crippen LogP contribution in [0.25, 0.3) is 0 Å². The zero-order valence-corrected chi connectivity index (χ0v) is 11.1. The van der Waals surface area contributed by atoms with Crippen LogP contribution in [0.3, 0.4) is 0 Å². The van der Waals surface area contributed by atoms with Crippen LogP contribution in [0.5, 0.6) is 0 Å². The second kappa shape index (κ2) is 3.48. The minimum Gasteiger partial charge on any atom is -0.313 e. The van der Waals surface area contributed by atoms with Crippen LogP contribution in [0.15, 0.2) is 0 Å². The highest BCUT2D eigenvalue weighted by Crippen LogP contribution is 2.68. The van der Waals surface area contributed by atoms with Crippen molar-refractivity contribution in [1.29, 1.82) is 0 Å². The molecular weight excluding hydrogens is 182 g/mol. The lowest BCUT2D eigenvalue weighted by Crippen LogP contribution is -2.33. The van der Waals surface area contributed by atoms with Gasteiger partial charge in [-0.3, -0.25) is 0 Å². The molecule has 2 unspecified atom stereocenters. The summed E-state index contributed by atoms with van der Waals surface area (Å²) in [7, 11) is 0. The zero-order valence-electron chi connectivity index (χ0n) is 11.1. The minimum absolute atomic E-state index is 0.543. The van der Waals surface area contributed by atoms with Gasteiger partial charge >= 0.3 is 0 Å². The third-order valence-corrected chi connectivity index (χ3v) is 5.77. The molecule has 0 bridgehead atoms. The van der Waals surface area contributed by atoms with Crippen molar-refractivity contribution < 1.29 is 0 Å². The summed E-state index contributed by atoms with van der Waals surface area (Å²) in [5, 5.41) is 3.80. The van der Waals surface area contributed by atoms with Crippen LogP contribution in [0, 0.1) is 22.7 Å². The molecule has 15 heavy (non-hydrogen) atoms. The molecule has 0 spiro atoms. The maximum atomic E-state index is 3.80. The standard InChI is InChI=1S/C14H27N/c1-10-7-6-8-11(10)15-9-12-13(2,3)14(12,4)5/h10-12,15H,6-9H2,1-5H3. The lowest BCUT2D eigenvalue weighted by Gasteiger charge is -2.17. The Morgan fingerprint density at radius 1 is 1.07 bits per heavy atom. The molecule has 2 aliphatic carbocycles. The van der Waals surface area contributed by atoms with Crippen molar-refractivity contribution in [1.82, 2.24) is 5.32 Å². The number of nitrogens with one attached hydrogen (secondary N) is 1. The first-order valence-electron chi connectivity index (χ1n) is 6.61. The van der Waals surface area contributed by atoms with Crippen LogP contribution in [0.4, 0.5) is 0 Å². The molecule has 1 heteroatoms. The Bertz CT molecular complexity index is 228. The number of rotatable bonds is 3. The van der Waals surface area contributed by atoms with E-state index in [1.807, 2.05) is 0 Å². The molecule has 2 saturated carbocycles. The van der Waals surface area contributed by atoms with Gasteiger partial charge < -0.3 is 5.32 Å². The summed E-state index contributed by atoms with van der Waals surface area (Å²) in [6.07, 6.45) is 4.25. The third kappa shape index (κ3) is 1.73. The molecule has 0 aromatic heterocycles. The van der Waals surface area contributed by atoms with E-state index in [-0.39, 0.29) is 0 Å². The normalized spacial score (nSPS) is 38.2. The Labute approximate surface area is 95.0 Å². The van der Waals surface area contributed by atoms with Crippen LogP contribution < -0.4 is 5.32 Å². The topological polar surface area (TPSA) is 12.0 Å². The molecule has 2 rings (SSSR count). The summed E-state index contributed by atoms with van der Waals surface area (Å²) < 4.78 is 0. The first kappa shape index (κ1) is 11.4.